The van der Waals surface area contributed by atoms with Crippen LogP contribution < -0.4 is 5.32 Å². The van der Waals surface area contributed by atoms with Gasteiger partial charge in [0.1, 0.15) is 5.82 Å². The number of halogens is 2. The molecule has 18 heavy (non-hydrogen) atoms. The fourth-order valence-electron chi connectivity index (χ4n) is 1.87. The number of nitrogens with one attached hydrogen (secondary N) is 1. The van der Waals surface area contributed by atoms with Crippen molar-refractivity contribution in [3.05, 3.63) is 34.6 Å². The van der Waals surface area contributed by atoms with Crippen molar-refractivity contribution in [2.24, 2.45) is 0 Å². The summed E-state index contributed by atoms with van der Waals surface area (Å²) in [5.74, 6) is -0.347. The molecule has 0 aliphatic heterocycles. The predicted octanol–water partition coefficient (Wildman–Crippen LogP) is 2.53. The fraction of sp³-hybridized carbons (Fsp3) is 0.538. The minimum Gasteiger partial charge on any atom is -0.396 e. The third-order valence-electron chi connectivity index (χ3n) is 2.76. The number of methoxy groups -OCH3 is 1. The zero-order chi connectivity index (χ0) is 13.5. The normalized spacial score (nSPS) is 14.5. The van der Waals surface area contributed by atoms with E-state index in [0.29, 0.717) is 18.1 Å². The molecule has 102 valence electrons. The molecule has 0 fully saturated rings. The fourth-order valence-corrected chi connectivity index (χ4v) is 2.20. The summed E-state index contributed by atoms with van der Waals surface area (Å²) < 4.78 is 18.0. The Morgan fingerprint density at radius 1 is 1.50 bits per heavy atom. The second-order valence-electron chi connectivity index (χ2n) is 4.22. The van der Waals surface area contributed by atoms with Gasteiger partial charge in [0.15, 0.2) is 0 Å². The van der Waals surface area contributed by atoms with Gasteiger partial charge in [0, 0.05) is 30.8 Å². The van der Waals surface area contributed by atoms with E-state index < -0.39 is 0 Å². The van der Waals surface area contributed by atoms with Gasteiger partial charge in [-0.15, -0.1) is 0 Å². The van der Waals surface area contributed by atoms with Gasteiger partial charge in [-0.25, -0.2) is 4.39 Å². The molecule has 1 aromatic rings. The van der Waals surface area contributed by atoms with Crippen molar-refractivity contribution in [2.45, 2.75) is 25.4 Å². The maximum Gasteiger partial charge on any atom is 0.124 e. The minimum absolute atomic E-state index is 0.0372. The highest BCUT2D eigenvalue weighted by atomic mass is 35.5. The molecule has 0 aliphatic carbocycles. The van der Waals surface area contributed by atoms with E-state index in [9.17, 15) is 4.39 Å². The van der Waals surface area contributed by atoms with E-state index in [4.69, 9.17) is 21.4 Å². The van der Waals surface area contributed by atoms with Crippen LogP contribution in [0.3, 0.4) is 0 Å². The monoisotopic (exact) mass is 275 g/mol. The highest BCUT2D eigenvalue weighted by Crippen LogP contribution is 2.24. The van der Waals surface area contributed by atoms with Gasteiger partial charge in [-0.3, -0.25) is 0 Å². The van der Waals surface area contributed by atoms with E-state index in [1.807, 2.05) is 6.92 Å². The Kier molecular flexibility index (Phi) is 6.57. The van der Waals surface area contributed by atoms with Crippen LogP contribution in [0.4, 0.5) is 4.39 Å². The lowest BCUT2D eigenvalue weighted by atomic mass is 10.1. The molecule has 2 N–H and O–H groups in total. The predicted molar refractivity (Wildman–Crippen MR) is 70.3 cm³/mol. The van der Waals surface area contributed by atoms with Gasteiger partial charge >= 0.3 is 0 Å². The van der Waals surface area contributed by atoms with E-state index in [0.717, 1.165) is 5.56 Å². The first kappa shape index (κ1) is 15.4. The molecule has 0 saturated heterocycles. The van der Waals surface area contributed by atoms with E-state index in [-0.39, 0.29) is 24.5 Å². The molecule has 2 atom stereocenters. The molecular weight excluding hydrogens is 257 g/mol. The molecule has 1 aromatic carbocycles. The van der Waals surface area contributed by atoms with Crippen LogP contribution in [0.15, 0.2) is 18.2 Å². The van der Waals surface area contributed by atoms with Crippen LogP contribution >= 0.6 is 11.6 Å². The molecule has 0 spiro atoms. The van der Waals surface area contributed by atoms with E-state index in [1.54, 1.807) is 13.2 Å². The highest BCUT2D eigenvalue weighted by molar-refractivity contribution is 6.31. The van der Waals surface area contributed by atoms with Gasteiger partial charge in [-0.05, 0) is 31.0 Å². The lowest BCUT2D eigenvalue weighted by Gasteiger charge is -2.23. The molecule has 2 unspecified atom stereocenters. The summed E-state index contributed by atoms with van der Waals surface area (Å²) in [5, 5.41) is 12.7. The Balaban J connectivity index is 2.70. The van der Waals surface area contributed by atoms with Crippen LogP contribution in [0.1, 0.15) is 24.9 Å². The molecule has 0 aliphatic rings. The first-order valence-electron chi connectivity index (χ1n) is 5.89. The zero-order valence-electron chi connectivity index (χ0n) is 10.6. The molecule has 0 saturated carbocycles. The lowest BCUT2D eigenvalue weighted by Crippen LogP contribution is -2.36. The molecule has 0 amide bonds. The number of aliphatic hydroxyl groups excluding tert-OH is 1. The van der Waals surface area contributed by atoms with Crippen LogP contribution in [0.2, 0.25) is 5.02 Å². The SMILES string of the molecule is COCC(CCO)NC(C)c1ccc(F)cc1Cl. The molecule has 3 nitrogen and oxygen atoms in total. The lowest BCUT2D eigenvalue weighted by molar-refractivity contribution is 0.143. The van der Waals surface area contributed by atoms with Crippen molar-refractivity contribution in [3.8, 4) is 0 Å². The Morgan fingerprint density at radius 3 is 2.78 bits per heavy atom. The van der Waals surface area contributed by atoms with Crippen molar-refractivity contribution in [2.75, 3.05) is 20.3 Å². The standard InChI is InChI=1S/C13H19ClFNO2/c1-9(16-11(5-6-17)8-18-2)12-4-3-10(15)7-13(12)14/h3-4,7,9,11,16-17H,5-6,8H2,1-2H3. The maximum atomic E-state index is 13.0. The molecule has 1 rings (SSSR count). The van der Waals surface area contributed by atoms with Crippen molar-refractivity contribution in [3.63, 3.8) is 0 Å². The largest absolute Gasteiger partial charge is 0.396 e. The Bertz CT molecular complexity index is 370. The molecule has 0 heterocycles. The molecule has 0 radical (unpaired) electrons. The second kappa shape index (κ2) is 7.69. The summed E-state index contributed by atoms with van der Waals surface area (Å²) in [7, 11) is 1.61. The van der Waals surface area contributed by atoms with Crippen molar-refractivity contribution < 1.29 is 14.2 Å². The van der Waals surface area contributed by atoms with Crippen molar-refractivity contribution in [1.82, 2.24) is 5.32 Å². The topological polar surface area (TPSA) is 41.5 Å². The second-order valence-corrected chi connectivity index (χ2v) is 4.63. The van der Waals surface area contributed by atoms with Crippen LogP contribution in [-0.4, -0.2) is 31.5 Å². The third-order valence-corrected chi connectivity index (χ3v) is 3.09. The Labute approximate surface area is 112 Å². The quantitative estimate of drug-likeness (QED) is 0.803. The Morgan fingerprint density at radius 2 is 2.22 bits per heavy atom. The van der Waals surface area contributed by atoms with Crippen molar-refractivity contribution in [1.29, 1.82) is 0 Å². The summed E-state index contributed by atoms with van der Waals surface area (Å²) in [6.07, 6.45) is 0.594. The van der Waals surface area contributed by atoms with Gasteiger partial charge in [-0.1, -0.05) is 17.7 Å². The number of hydrogen-bond donors (Lipinski definition) is 2. The third kappa shape index (κ3) is 4.53. The first-order chi connectivity index (χ1) is 8.58. The summed E-state index contributed by atoms with van der Waals surface area (Å²) in [6.45, 7) is 2.54. The van der Waals surface area contributed by atoms with Gasteiger partial charge in [0.25, 0.3) is 0 Å². The van der Waals surface area contributed by atoms with Crippen LogP contribution in [0, 0.1) is 5.82 Å². The molecular formula is C13H19ClFNO2. The summed E-state index contributed by atoms with van der Waals surface area (Å²) in [4.78, 5) is 0. The maximum absolute atomic E-state index is 13.0. The molecule has 0 bridgehead atoms. The number of aliphatic hydroxyl groups is 1. The molecule has 5 heteroatoms. The van der Waals surface area contributed by atoms with Gasteiger partial charge in [0.05, 0.1) is 6.61 Å². The Hall–Kier alpha value is -0.680. The van der Waals surface area contributed by atoms with Crippen LogP contribution in [0.25, 0.3) is 0 Å². The average molecular weight is 276 g/mol. The van der Waals surface area contributed by atoms with E-state index >= 15 is 0 Å². The number of rotatable bonds is 7. The first-order valence-corrected chi connectivity index (χ1v) is 6.27. The average Bonchev–Trinajstić information content (AvgIpc) is 2.29. The smallest absolute Gasteiger partial charge is 0.124 e. The summed E-state index contributed by atoms with van der Waals surface area (Å²) in [5.41, 5.74) is 0.831. The summed E-state index contributed by atoms with van der Waals surface area (Å²) >= 11 is 6.00. The number of hydrogen-bond acceptors (Lipinski definition) is 3. The van der Waals surface area contributed by atoms with Crippen LogP contribution in [0.5, 0.6) is 0 Å². The summed E-state index contributed by atoms with van der Waals surface area (Å²) in [6, 6.07) is 4.35. The van der Waals surface area contributed by atoms with Gasteiger partial charge in [-0.2, -0.15) is 0 Å². The van der Waals surface area contributed by atoms with Gasteiger partial charge in [0.2, 0.25) is 0 Å². The van der Waals surface area contributed by atoms with E-state index in [2.05, 4.69) is 5.32 Å². The van der Waals surface area contributed by atoms with Gasteiger partial charge < -0.3 is 15.2 Å². The zero-order valence-corrected chi connectivity index (χ0v) is 11.4. The number of benzene rings is 1. The van der Waals surface area contributed by atoms with Crippen LogP contribution in [-0.2, 0) is 4.74 Å². The number of ether oxygens (including phenoxy) is 1. The van der Waals surface area contributed by atoms with Crippen molar-refractivity contribution >= 4 is 11.6 Å². The molecule has 0 aromatic heterocycles. The highest BCUT2D eigenvalue weighted by Gasteiger charge is 2.15. The van der Waals surface area contributed by atoms with E-state index in [1.165, 1.54) is 12.1 Å². The minimum atomic E-state index is -0.347.